The number of carbonyl (C=O) groups excluding carboxylic acids is 2. The van der Waals surface area contributed by atoms with Crippen LogP contribution in [0.3, 0.4) is 0 Å². The lowest BCUT2D eigenvalue weighted by molar-refractivity contribution is 0.0592. The van der Waals surface area contributed by atoms with Gasteiger partial charge in [0, 0.05) is 49.6 Å². The number of nitrogens with zero attached hydrogens (tertiary/aromatic N) is 3. The molecule has 1 amide bonds. The van der Waals surface area contributed by atoms with E-state index in [1.807, 2.05) is 6.07 Å². The van der Waals surface area contributed by atoms with Crippen LogP contribution >= 0.6 is 0 Å². The zero-order chi connectivity index (χ0) is 24.1. The molecule has 1 aliphatic heterocycles. The number of pyridine rings is 2. The van der Waals surface area contributed by atoms with Gasteiger partial charge in [-0.15, -0.1) is 0 Å². The second-order valence-electron chi connectivity index (χ2n) is 7.69. The average Bonchev–Trinajstić information content (AvgIpc) is 3.11. The van der Waals surface area contributed by atoms with Gasteiger partial charge in [-0.05, 0) is 36.4 Å². The van der Waals surface area contributed by atoms with Gasteiger partial charge in [-0.3, -0.25) is 14.6 Å². The third kappa shape index (κ3) is 4.78. The van der Waals surface area contributed by atoms with Gasteiger partial charge in [0.2, 0.25) is 0 Å². The van der Waals surface area contributed by atoms with Crippen LogP contribution in [0, 0.1) is 0 Å². The van der Waals surface area contributed by atoms with Crippen LogP contribution in [0.15, 0.2) is 59.5 Å². The maximum atomic E-state index is 13.1. The summed E-state index contributed by atoms with van der Waals surface area (Å²) in [6, 6.07) is 13.6. The summed E-state index contributed by atoms with van der Waals surface area (Å²) in [6.07, 6.45) is 1.93. The van der Waals surface area contributed by atoms with Crippen molar-refractivity contribution in [1.82, 2.24) is 14.5 Å². The Labute approximate surface area is 196 Å². The number of fused-ring (bicyclic) bond motifs is 1. The first-order valence-electron chi connectivity index (χ1n) is 10.8. The molecule has 2 aromatic heterocycles. The molecule has 0 atom stereocenters. The highest BCUT2D eigenvalue weighted by Crippen LogP contribution is 2.25. The molecular weight excluding hydrogens is 438 g/mol. The van der Waals surface area contributed by atoms with Crippen molar-refractivity contribution in [2.24, 2.45) is 0 Å². The maximum absolute atomic E-state index is 13.1. The molecule has 0 radical (unpaired) electrons. The number of esters is 1. The fourth-order valence-corrected chi connectivity index (χ4v) is 3.94. The zero-order valence-corrected chi connectivity index (χ0v) is 19.0. The van der Waals surface area contributed by atoms with Crippen LogP contribution in [0.4, 0.5) is 0 Å². The summed E-state index contributed by atoms with van der Waals surface area (Å²) >= 11 is 0. The molecule has 34 heavy (non-hydrogen) atoms. The van der Waals surface area contributed by atoms with Crippen LogP contribution in [0.2, 0.25) is 0 Å². The molecule has 9 nitrogen and oxygen atoms in total. The molecule has 3 aromatic rings. The van der Waals surface area contributed by atoms with Crippen molar-refractivity contribution in [1.29, 1.82) is 0 Å². The van der Waals surface area contributed by atoms with Gasteiger partial charge in [-0.1, -0.05) is 6.07 Å². The highest BCUT2D eigenvalue weighted by atomic mass is 16.5. The normalized spacial score (nSPS) is 12.9. The Kier molecular flexibility index (Phi) is 6.91. The molecule has 0 aliphatic carbocycles. The number of carbonyl (C=O) groups is 2. The molecular formula is C25H25N3O6. The zero-order valence-electron chi connectivity index (χ0n) is 19.0. The number of methoxy groups -OCH3 is 2. The number of rotatable bonds is 6. The highest BCUT2D eigenvalue weighted by Gasteiger charge is 2.27. The molecule has 0 fully saturated rings. The summed E-state index contributed by atoms with van der Waals surface area (Å²) in [7, 11) is 2.84. The molecule has 1 aromatic carbocycles. The fourth-order valence-electron chi connectivity index (χ4n) is 3.94. The smallest absolute Gasteiger partial charge is 0.343 e. The molecule has 9 heteroatoms. The van der Waals surface area contributed by atoms with Gasteiger partial charge in [-0.25, -0.2) is 4.79 Å². The predicted octanol–water partition coefficient (Wildman–Crippen LogP) is 2.32. The van der Waals surface area contributed by atoms with Crippen LogP contribution in [-0.2, 0) is 24.3 Å². The third-order valence-corrected chi connectivity index (χ3v) is 5.71. The van der Waals surface area contributed by atoms with E-state index in [1.54, 1.807) is 54.6 Å². The average molecular weight is 463 g/mol. The first-order chi connectivity index (χ1) is 16.5. The predicted molar refractivity (Wildman–Crippen MR) is 123 cm³/mol. The Balaban J connectivity index is 1.62. The van der Waals surface area contributed by atoms with Gasteiger partial charge in [-0.2, -0.15) is 0 Å². The maximum Gasteiger partial charge on any atom is 0.343 e. The molecule has 0 unspecified atom stereocenters. The van der Waals surface area contributed by atoms with Crippen molar-refractivity contribution >= 4 is 11.9 Å². The Morgan fingerprint density at radius 1 is 1.03 bits per heavy atom. The number of aromatic nitrogens is 2. The quantitative estimate of drug-likeness (QED) is 0.517. The van der Waals surface area contributed by atoms with Crippen molar-refractivity contribution in [2.45, 2.75) is 19.6 Å². The van der Waals surface area contributed by atoms with E-state index in [-0.39, 0.29) is 35.9 Å². The SMILES string of the molecule is COC(=O)c1c(OCc2ccccn2)cc(=O)n2c1CCN(C(=O)c1ccc(OC)cc1)CC2. The number of amides is 1. The molecule has 0 bridgehead atoms. The van der Waals surface area contributed by atoms with E-state index < -0.39 is 5.97 Å². The molecule has 3 heterocycles. The molecule has 0 saturated heterocycles. The topological polar surface area (TPSA) is 100.0 Å². The third-order valence-electron chi connectivity index (χ3n) is 5.71. The Morgan fingerprint density at radius 2 is 1.82 bits per heavy atom. The number of ether oxygens (including phenoxy) is 3. The van der Waals surface area contributed by atoms with E-state index >= 15 is 0 Å². The van der Waals surface area contributed by atoms with E-state index in [1.165, 1.54) is 17.7 Å². The molecule has 176 valence electrons. The first-order valence-corrected chi connectivity index (χ1v) is 10.8. The van der Waals surface area contributed by atoms with Crippen LogP contribution in [0.5, 0.6) is 11.5 Å². The van der Waals surface area contributed by atoms with Gasteiger partial charge in [0.15, 0.2) is 0 Å². The highest BCUT2D eigenvalue weighted by molar-refractivity contribution is 5.95. The van der Waals surface area contributed by atoms with Crippen molar-refractivity contribution in [3.05, 3.63) is 87.6 Å². The Morgan fingerprint density at radius 3 is 2.50 bits per heavy atom. The van der Waals surface area contributed by atoms with Gasteiger partial charge < -0.3 is 23.7 Å². The summed E-state index contributed by atoms with van der Waals surface area (Å²) in [4.78, 5) is 44.6. The summed E-state index contributed by atoms with van der Waals surface area (Å²) in [5.41, 5.74) is 1.55. The molecule has 4 rings (SSSR count). The summed E-state index contributed by atoms with van der Waals surface area (Å²) in [5, 5.41) is 0. The standard InChI is InChI=1S/C25H25N3O6/c1-32-19-8-6-17(7-9-19)24(30)27-12-10-20-23(25(31)33-2)21(15-22(29)28(20)14-13-27)34-16-18-5-3-4-11-26-18/h3-9,11,15H,10,12-14,16H2,1-2H3. The lowest BCUT2D eigenvalue weighted by atomic mass is 10.1. The van der Waals surface area contributed by atoms with E-state index in [0.717, 1.165) is 0 Å². The minimum atomic E-state index is -0.602. The van der Waals surface area contributed by atoms with E-state index in [0.29, 0.717) is 42.2 Å². The van der Waals surface area contributed by atoms with E-state index in [2.05, 4.69) is 4.98 Å². The van der Waals surface area contributed by atoms with Crippen LogP contribution in [-0.4, -0.2) is 53.6 Å². The lowest BCUT2D eigenvalue weighted by Crippen LogP contribution is -2.34. The van der Waals surface area contributed by atoms with Crippen LogP contribution < -0.4 is 15.0 Å². The molecule has 0 saturated carbocycles. The van der Waals surface area contributed by atoms with E-state index in [9.17, 15) is 14.4 Å². The van der Waals surface area contributed by atoms with Crippen molar-refractivity contribution < 1.29 is 23.8 Å². The summed E-state index contributed by atoms with van der Waals surface area (Å²) < 4.78 is 17.5. The second-order valence-corrected chi connectivity index (χ2v) is 7.69. The minimum absolute atomic E-state index is 0.0931. The van der Waals surface area contributed by atoms with Crippen molar-refractivity contribution in [2.75, 3.05) is 27.3 Å². The molecule has 0 N–H and O–H groups in total. The lowest BCUT2D eigenvalue weighted by Gasteiger charge is -2.20. The monoisotopic (exact) mass is 463 g/mol. The Hall–Kier alpha value is -4.14. The fraction of sp³-hybridized carbons (Fsp3) is 0.280. The number of benzene rings is 1. The van der Waals surface area contributed by atoms with Crippen LogP contribution in [0.25, 0.3) is 0 Å². The largest absolute Gasteiger partial charge is 0.497 e. The van der Waals surface area contributed by atoms with Crippen LogP contribution in [0.1, 0.15) is 32.1 Å². The first kappa shape index (κ1) is 23.0. The van der Waals surface area contributed by atoms with Gasteiger partial charge in [0.1, 0.15) is 23.7 Å². The number of hydrogen-bond acceptors (Lipinski definition) is 7. The minimum Gasteiger partial charge on any atom is -0.497 e. The van der Waals surface area contributed by atoms with Gasteiger partial charge in [0.05, 0.1) is 19.9 Å². The molecule has 0 spiro atoms. The molecule has 1 aliphatic rings. The Bertz CT molecular complexity index is 1240. The number of hydrogen-bond donors (Lipinski definition) is 0. The summed E-state index contributed by atoms with van der Waals surface area (Å²) in [5.74, 6) is 0.0421. The second kappa shape index (κ2) is 10.2. The van der Waals surface area contributed by atoms with Gasteiger partial charge in [0.25, 0.3) is 11.5 Å². The van der Waals surface area contributed by atoms with Crippen molar-refractivity contribution in [3.8, 4) is 11.5 Å². The summed E-state index contributed by atoms with van der Waals surface area (Å²) in [6.45, 7) is 1.00. The van der Waals surface area contributed by atoms with Gasteiger partial charge >= 0.3 is 5.97 Å². The van der Waals surface area contributed by atoms with E-state index in [4.69, 9.17) is 14.2 Å². The van der Waals surface area contributed by atoms with Crippen molar-refractivity contribution in [3.63, 3.8) is 0 Å².